The molecule has 0 saturated carbocycles. The number of morpholine rings is 1. The Balaban J connectivity index is 0.00000337. The summed E-state index contributed by atoms with van der Waals surface area (Å²) in [6.45, 7) is 3.56. The van der Waals surface area contributed by atoms with Crippen molar-refractivity contribution >= 4 is 66.7 Å². The maximum Gasteiger partial charge on any atom is 0.418 e. The number of fused-ring (bicyclic) bond motifs is 4. The highest BCUT2D eigenvalue weighted by molar-refractivity contribution is 7.22. The molecule has 0 spiro atoms. The second-order valence-corrected chi connectivity index (χ2v) is 10.6. The van der Waals surface area contributed by atoms with Crippen LogP contribution in [0.25, 0.3) is 32.0 Å². The number of aromatic nitrogens is 1. The number of hydrogen-bond acceptors (Lipinski definition) is 7. The topological polar surface area (TPSA) is 75.9 Å². The lowest BCUT2D eigenvalue weighted by Crippen LogP contribution is -2.40. The molecular formula is C29H25ClF3N3O4S. The first-order chi connectivity index (χ1) is 19.3. The minimum atomic E-state index is -4.60. The maximum atomic E-state index is 14.0. The molecule has 2 aromatic heterocycles. The van der Waals surface area contributed by atoms with Crippen molar-refractivity contribution in [2.24, 2.45) is 0 Å². The Labute approximate surface area is 242 Å². The van der Waals surface area contributed by atoms with Gasteiger partial charge in [-0.15, -0.1) is 12.4 Å². The number of amides is 1. The standard InChI is InChI=1S/C29H24F3N3O4S.ClH/c30-29(31,32)22-7-3-8-24-25(22)33-28(40-24)35(12-4-11-34-13-15-38-16-14-34)26(36)21-17-20-19-6-2-1-5-18(19)9-10-23(20)39-27(21)37;/h1-3,5-10,17H,4,11-16H2;1H. The van der Waals surface area contributed by atoms with E-state index < -0.39 is 23.3 Å². The zero-order valence-electron chi connectivity index (χ0n) is 21.6. The smallest absolute Gasteiger partial charge is 0.418 e. The summed E-state index contributed by atoms with van der Waals surface area (Å²) in [5.74, 6) is -0.668. The van der Waals surface area contributed by atoms with Crippen LogP contribution in [0.2, 0.25) is 0 Å². The van der Waals surface area contributed by atoms with Crippen molar-refractivity contribution in [2.45, 2.75) is 12.6 Å². The maximum absolute atomic E-state index is 14.0. The number of carbonyl (C=O) groups excluding carboxylic acids is 1. The molecular weight excluding hydrogens is 579 g/mol. The molecule has 214 valence electrons. The van der Waals surface area contributed by atoms with Crippen molar-refractivity contribution in [3.63, 3.8) is 0 Å². The number of nitrogens with zero attached hydrogens (tertiary/aromatic N) is 3. The number of anilines is 1. The molecule has 7 nitrogen and oxygen atoms in total. The minimum Gasteiger partial charge on any atom is -0.422 e. The zero-order chi connectivity index (χ0) is 27.9. The molecule has 0 atom stereocenters. The molecule has 1 fully saturated rings. The number of thiazole rings is 1. The highest BCUT2D eigenvalue weighted by Crippen LogP contribution is 2.39. The van der Waals surface area contributed by atoms with E-state index >= 15 is 0 Å². The number of ether oxygens (including phenoxy) is 1. The van der Waals surface area contributed by atoms with E-state index in [0.29, 0.717) is 41.8 Å². The van der Waals surface area contributed by atoms with Gasteiger partial charge >= 0.3 is 11.8 Å². The van der Waals surface area contributed by atoms with Gasteiger partial charge in [0.05, 0.1) is 29.0 Å². The number of rotatable bonds is 6. The molecule has 0 N–H and O–H groups in total. The summed E-state index contributed by atoms with van der Waals surface area (Å²) >= 11 is 0.984. The Bertz CT molecular complexity index is 1780. The van der Waals surface area contributed by atoms with Crippen molar-refractivity contribution in [1.29, 1.82) is 0 Å². The van der Waals surface area contributed by atoms with Crippen molar-refractivity contribution in [3.05, 3.63) is 82.2 Å². The number of para-hydroxylation sites is 1. The van der Waals surface area contributed by atoms with Crippen LogP contribution in [0.4, 0.5) is 18.3 Å². The fourth-order valence-corrected chi connectivity index (χ4v) is 6.03. The van der Waals surface area contributed by atoms with Crippen LogP contribution in [-0.2, 0) is 10.9 Å². The first-order valence-electron chi connectivity index (χ1n) is 12.8. The molecule has 1 amide bonds. The van der Waals surface area contributed by atoms with Gasteiger partial charge in [0.2, 0.25) is 0 Å². The molecule has 12 heteroatoms. The average molecular weight is 604 g/mol. The van der Waals surface area contributed by atoms with Gasteiger partial charge < -0.3 is 9.15 Å². The third kappa shape index (κ3) is 5.80. The Hall–Kier alpha value is -3.51. The van der Waals surface area contributed by atoms with Gasteiger partial charge in [-0.1, -0.05) is 47.7 Å². The van der Waals surface area contributed by atoms with Crippen molar-refractivity contribution in [3.8, 4) is 0 Å². The molecule has 3 aromatic carbocycles. The van der Waals surface area contributed by atoms with Crippen LogP contribution >= 0.6 is 23.7 Å². The molecule has 0 bridgehead atoms. The second-order valence-electron chi connectivity index (χ2n) is 9.56. The van der Waals surface area contributed by atoms with E-state index in [0.717, 1.165) is 41.3 Å². The van der Waals surface area contributed by atoms with Crippen LogP contribution in [0.5, 0.6) is 0 Å². The van der Waals surface area contributed by atoms with Crippen LogP contribution in [0.15, 0.2) is 69.9 Å². The number of benzene rings is 3. The van der Waals surface area contributed by atoms with E-state index in [-0.39, 0.29) is 35.2 Å². The van der Waals surface area contributed by atoms with Crippen LogP contribution in [0.1, 0.15) is 22.3 Å². The summed E-state index contributed by atoms with van der Waals surface area (Å²) in [4.78, 5) is 34.8. The zero-order valence-corrected chi connectivity index (χ0v) is 23.3. The first kappa shape index (κ1) is 29.0. The van der Waals surface area contributed by atoms with Crippen LogP contribution in [0.3, 0.4) is 0 Å². The summed E-state index contributed by atoms with van der Waals surface area (Å²) in [5.41, 5.74) is -1.77. The first-order valence-corrected chi connectivity index (χ1v) is 13.7. The van der Waals surface area contributed by atoms with Crippen LogP contribution in [-0.4, -0.2) is 55.2 Å². The normalized spacial score (nSPS) is 14.4. The van der Waals surface area contributed by atoms with E-state index in [2.05, 4.69) is 9.88 Å². The Kier molecular flexibility index (Phi) is 8.32. The molecule has 1 aliphatic heterocycles. The molecule has 1 aliphatic rings. The van der Waals surface area contributed by atoms with Crippen LogP contribution in [0, 0.1) is 0 Å². The number of hydrogen-bond donors (Lipinski definition) is 0. The Morgan fingerprint density at radius 3 is 2.59 bits per heavy atom. The molecule has 3 heterocycles. The SMILES string of the molecule is Cl.O=C(c1cc2c(ccc3ccccc32)oc1=O)N(CCCN1CCOCC1)c1nc2c(C(F)(F)F)cccc2s1. The van der Waals surface area contributed by atoms with Crippen LogP contribution < -0.4 is 10.5 Å². The quantitative estimate of drug-likeness (QED) is 0.166. The third-order valence-corrected chi connectivity index (χ3v) is 8.06. The lowest BCUT2D eigenvalue weighted by atomic mass is 10.0. The fourth-order valence-electron chi connectivity index (χ4n) is 5.01. The monoisotopic (exact) mass is 603 g/mol. The molecule has 1 saturated heterocycles. The van der Waals surface area contributed by atoms with Gasteiger partial charge in [-0.3, -0.25) is 14.6 Å². The molecule has 41 heavy (non-hydrogen) atoms. The van der Waals surface area contributed by atoms with Gasteiger partial charge in [-0.2, -0.15) is 13.2 Å². The molecule has 0 unspecified atom stereocenters. The molecule has 0 radical (unpaired) electrons. The highest BCUT2D eigenvalue weighted by Gasteiger charge is 2.34. The summed E-state index contributed by atoms with van der Waals surface area (Å²) in [7, 11) is 0. The summed E-state index contributed by atoms with van der Waals surface area (Å²) in [6, 6.07) is 16.4. The average Bonchev–Trinajstić information content (AvgIpc) is 3.38. The Morgan fingerprint density at radius 2 is 1.80 bits per heavy atom. The van der Waals surface area contributed by atoms with Gasteiger partial charge in [-0.05, 0) is 41.5 Å². The summed E-state index contributed by atoms with van der Waals surface area (Å²) in [5, 5.41) is 2.41. The number of halogens is 4. The van der Waals surface area contributed by atoms with Crippen molar-refractivity contribution < 1.29 is 27.1 Å². The van der Waals surface area contributed by atoms with E-state index in [4.69, 9.17) is 9.15 Å². The van der Waals surface area contributed by atoms with E-state index in [1.54, 1.807) is 12.1 Å². The van der Waals surface area contributed by atoms with E-state index in [1.165, 1.54) is 17.0 Å². The highest BCUT2D eigenvalue weighted by atomic mass is 35.5. The minimum absolute atomic E-state index is 0. The summed E-state index contributed by atoms with van der Waals surface area (Å²) in [6.07, 6.45) is -4.08. The second kappa shape index (κ2) is 11.8. The van der Waals surface area contributed by atoms with Gasteiger partial charge in [0.15, 0.2) is 5.13 Å². The van der Waals surface area contributed by atoms with Gasteiger partial charge in [0.1, 0.15) is 11.1 Å². The van der Waals surface area contributed by atoms with Crippen molar-refractivity contribution in [2.75, 3.05) is 44.3 Å². The molecule has 0 aliphatic carbocycles. The number of alkyl halides is 3. The van der Waals surface area contributed by atoms with Gasteiger partial charge in [-0.25, -0.2) is 9.78 Å². The predicted octanol–water partition coefficient (Wildman–Crippen LogP) is 6.37. The van der Waals surface area contributed by atoms with Crippen molar-refractivity contribution in [1.82, 2.24) is 9.88 Å². The lowest BCUT2D eigenvalue weighted by Gasteiger charge is -2.27. The predicted molar refractivity (Wildman–Crippen MR) is 155 cm³/mol. The number of carbonyl (C=O) groups is 1. The third-order valence-electron chi connectivity index (χ3n) is 7.02. The largest absolute Gasteiger partial charge is 0.422 e. The molecule has 5 aromatic rings. The lowest BCUT2D eigenvalue weighted by molar-refractivity contribution is -0.136. The molecule has 6 rings (SSSR count). The van der Waals surface area contributed by atoms with E-state index in [9.17, 15) is 22.8 Å². The van der Waals surface area contributed by atoms with Gasteiger partial charge in [0.25, 0.3) is 5.91 Å². The fraction of sp³-hybridized carbons (Fsp3) is 0.276. The Morgan fingerprint density at radius 1 is 1.02 bits per heavy atom. The van der Waals surface area contributed by atoms with Gasteiger partial charge in [0, 0.05) is 31.6 Å². The van der Waals surface area contributed by atoms with E-state index in [1.807, 2.05) is 30.3 Å². The summed E-state index contributed by atoms with van der Waals surface area (Å²) < 4.78 is 52.3.